The summed E-state index contributed by atoms with van der Waals surface area (Å²) in [5.41, 5.74) is 2.05. The molecule has 1 saturated heterocycles. The molecule has 28 heavy (non-hydrogen) atoms. The van der Waals surface area contributed by atoms with E-state index in [2.05, 4.69) is 32.5 Å². The van der Waals surface area contributed by atoms with Crippen LogP contribution in [0.15, 0.2) is 42.6 Å². The molecule has 0 bridgehead atoms. The lowest BCUT2D eigenvalue weighted by molar-refractivity contribution is -0.130. The monoisotopic (exact) mass is 379 g/mol. The molecule has 3 aromatic rings. The van der Waals surface area contributed by atoms with Crippen LogP contribution in [-0.4, -0.2) is 58.7 Å². The van der Waals surface area contributed by atoms with Crippen molar-refractivity contribution in [2.45, 2.75) is 19.8 Å². The van der Waals surface area contributed by atoms with Crippen molar-refractivity contribution in [3.63, 3.8) is 0 Å². The fourth-order valence-electron chi connectivity index (χ4n) is 3.70. The minimum absolute atomic E-state index is 0.146. The van der Waals surface area contributed by atoms with Crippen molar-refractivity contribution >= 4 is 17.2 Å². The molecule has 1 aliphatic heterocycles. The van der Waals surface area contributed by atoms with Gasteiger partial charge in [-0.05, 0) is 29.8 Å². The number of benzene rings is 1. The highest BCUT2D eigenvalue weighted by molar-refractivity contribution is 5.79. The van der Waals surface area contributed by atoms with Crippen molar-refractivity contribution in [3.05, 3.63) is 54.0 Å². The number of ether oxygens (including phenoxy) is 1. The Bertz CT molecular complexity index is 976. The number of amides is 1. The van der Waals surface area contributed by atoms with Gasteiger partial charge in [-0.1, -0.05) is 19.1 Å². The summed E-state index contributed by atoms with van der Waals surface area (Å²) in [6.07, 6.45) is 3.26. The molecule has 1 aromatic carbocycles. The van der Waals surface area contributed by atoms with E-state index in [-0.39, 0.29) is 5.91 Å². The average molecular weight is 379 g/mol. The molecule has 1 aliphatic rings. The zero-order valence-electron chi connectivity index (χ0n) is 16.3. The Morgan fingerprint density at radius 1 is 1.11 bits per heavy atom. The van der Waals surface area contributed by atoms with Gasteiger partial charge in [-0.3, -0.25) is 4.79 Å². The maximum Gasteiger partial charge on any atom is 0.227 e. The van der Waals surface area contributed by atoms with Crippen LogP contribution in [0.1, 0.15) is 18.3 Å². The highest BCUT2D eigenvalue weighted by Crippen LogP contribution is 2.22. The van der Waals surface area contributed by atoms with Gasteiger partial charge in [0.15, 0.2) is 5.82 Å². The topological polar surface area (TPSA) is 63.0 Å². The molecule has 1 amide bonds. The number of fused-ring (bicyclic) bond motifs is 1. The Kier molecular flexibility index (Phi) is 5.14. The lowest BCUT2D eigenvalue weighted by atomic mass is 10.1. The highest BCUT2D eigenvalue weighted by atomic mass is 16.5. The van der Waals surface area contributed by atoms with E-state index >= 15 is 0 Å². The van der Waals surface area contributed by atoms with E-state index in [1.54, 1.807) is 7.11 Å². The summed E-state index contributed by atoms with van der Waals surface area (Å²) >= 11 is 0. The Labute approximate surface area is 164 Å². The molecule has 3 heterocycles. The van der Waals surface area contributed by atoms with Gasteiger partial charge >= 0.3 is 0 Å². The van der Waals surface area contributed by atoms with Crippen molar-refractivity contribution < 1.29 is 9.53 Å². The van der Waals surface area contributed by atoms with Gasteiger partial charge in [0, 0.05) is 38.8 Å². The smallest absolute Gasteiger partial charge is 0.227 e. The average Bonchev–Trinajstić information content (AvgIpc) is 3.23. The Morgan fingerprint density at radius 2 is 1.93 bits per heavy atom. The maximum atomic E-state index is 12.7. The van der Waals surface area contributed by atoms with Gasteiger partial charge in [0.2, 0.25) is 5.91 Å². The molecule has 0 saturated carbocycles. The van der Waals surface area contributed by atoms with Gasteiger partial charge in [0.05, 0.1) is 19.0 Å². The normalized spacial score (nSPS) is 14.5. The summed E-state index contributed by atoms with van der Waals surface area (Å²) in [6, 6.07) is 11.8. The van der Waals surface area contributed by atoms with Gasteiger partial charge in [-0.2, -0.15) is 0 Å². The number of aromatic nitrogens is 3. The van der Waals surface area contributed by atoms with E-state index in [9.17, 15) is 4.79 Å². The Hall–Kier alpha value is -3.09. The van der Waals surface area contributed by atoms with Crippen LogP contribution in [0.5, 0.6) is 5.75 Å². The number of carbonyl (C=O) groups is 1. The van der Waals surface area contributed by atoms with Crippen LogP contribution in [0, 0.1) is 0 Å². The number of aryl methyl sites for hydroxylation is 1. The molecule has 4 rings (SSSR count). The number of rotatable bonds is 5. The molecule has 146 valence electrons. The molecule has 0 atom stereocenters. The summed E-state index contributed by atoms with van der Waals surface area (Å²) in [7, 11) is 1.64. The second-order valence-electron chi connectivity index (χ2n) is 6.95. The van der Waals surface area contributed by atoms with Crippen molar-refractivity contribution in [3.8, 4) is 5.75 Å². The molecule has 0 N–H and O–H groups in total. The van der Waals surface area contributed by atoms with Crippen LogP contribution in [0.25, 0.3) is 5.52 Å². The summed E-state index contributed by atoms with van der Waals surface area (Å²) < 4.78 is 7.34. The number of nitrogens with zero attached hydrogens (tertiary/aromatic N) is 5. The lowest BCUT2D eigenvalue weighted by Gasteiger charge is -2.35. The first kappa shape index (κ1) is 18.3. The first-order chi connectivity index (χ1) is 13.7. The molecule has 7 heteroatoms. The van der Waals surface area contributed by atoms with Crippen LogP contribution in [0.2, 0.25) is 0 Å². The van der Waals surface area contributed by atoms with Gasteiger partial charge in [-0.25, -0.2) is 0 Å². The van der Waals surface area contributed by atoms with E-state index in [4.69, 9.17) is 4.74 Å². The molecule has 7 nitrogen and oxygen atoms in total. The van der Waals surface area contributed by atoms with Crippen LogP contribution in [-0.2, 0) is 17.6 Å². The molecule has 0 unspecified atom stereocenters. The van der Waals surface area contributed by atoms with Crippen LogP contribution in [0.3, 0.4) is 0 Å². The SMILES string of the molecule is CCc1nnc(N2CCN(C(=O)Cc3cccc(OC)c3)CC2)c2cccn12. The summed E-state index contributed by atoms with van der Waals surface area (Å²) in [4.78, 5) is 16.8. The quantitative estimate of drug-likeness (QED) is 0.680. The fraction of sp³-hybridized carbons (Fsp3) is 0.381. The third-order valence-electron chi connectivity index (χ3n) is 5.25. The van der Waals surface area contributed by atoms with E-state index in [1.165, 1.54) is 0 Å². The second kappa shape index (κ2) is 7.88. The van der Waals surface area contributed by atoms with Crippen molar-refractivity contribution in [2.75, 3.05) is 38.2 Å². The number of piperazine rings is 1. The van der Waals surface area contributed by atoms with Crippen molar-refractivity contribution in [2.24, 2.45) is 0 Å². The Morgan fingerprint density at radius 3 is 2.68 bits per heavy atom. The van der Waals surface area contributed by atoms with E-state index in [0.717, 1.165) is 48.0 Å². The third-order valence-corrected chi connectivity index (χ3v) is 5.25. The minimum Gasteiger partial charge on any atom is -0.497 e. The molecule has 0 aliphatic carbocycles. The van der Waals surface area contributed by atoms with E-state index in [1.807, 2.05) is 41.4 Å². The van der Waals surface area contributed by atoms with Crippen LogP contribution in [0.4, 0.5) is 5.82 Å². The van der Waals surface area contributed by atoms with E-state index in [0.29, 0.717) is 19.5 Å². The minimum atomic E-state index is 0.146. The molecule has 2 aromatic heterocycles. The molecular weight excluding hydrogens is 354 g/mol. The molecule has 1 fully saturated rings. The number of hydrogen-bond acceptors (Lipinski definition) is 5. The van der Waals surface area contributed by atoms with Crippen LogP contribution >= 0.6 is 0 Å². The summed E-state index contributed by atoms with van der Waals surface area (Å²) in [5.74, 6) is 2.77. The maximum absolute atomic E-state index is 12.7. The zero-order valence-corrected chi connectivity index (χ0v) is 16.3. The van der Waals surface area contributed by atoms with Crippen LogP contribution < -0.4 is 9.64 Å². The predicted octanol–water partition coefficient (Wildman–Crippen LogP) is 2.19. The van der Waals surface area contributed by atoms with Gasteiger partial charge in [0.1, 0.15) is 11.6 Å². The fourth-order valence-corrected chi connectivity index (χ4v) is 3.70. The molecular formula is C21H25N5O2. The standard InChI is InChI=1S/C21H25N5O2/c1-3-19-22-23-21(18-8-5-9-26(18)19)25-12-10-24(11-13-25)20(27)15-16-6-4-7-17(14-16)28-2/h4-9,14H,3,10-13,15H2,1-2H3. The van der Waals surface area contributed by atoms with Crippen molar-refractivity contribution in [1.29, 1.82) is 0 Å². The largest absolute Gasteiger partial charge is 0.497 e. The van der Waals surface area contributed by atoms with Gasteiger partial charge in [0.25, 0.3) is 0 Å². The highest BCUT2D eigenvalue weighted by Gasteiger charge is 2.24. The lowest BCUT2D eigenvalue weighted by Crippen LogP contribution is -2.49. The zero-order chi connectivity index (χ0) is 19.5. The van der Waals surface area contributed by atoms with Crippen molar-refractivity contribution in [1.82, 2.24) is 19.5 Å². The van der Waals surface area contributed by atoms with Gasteiger partial charge in [-0.15, -0.1) is 10.2 Å². The molecule has 0 radical (unpaired) electrons. The summed E-state index contributed by atoms with van der Waals surface area (Å²) in [6.45, 7) is 4.96. The van der Waals surface area contributed by atoms with E-state index < -0.39 is 0 Å². The number of carbonyl (C=O) groups excluding carboxylic acids is 1. The van der Waals surface area contributed by atoms with Gasteiger partial charge < -0.3 is 18.9 Å². The second-order valence-corrected chi connectivity index (χ2v) is 6.95. The first-order valence-corrected chi connectivity index (χ1v) is 9.68. The number of anilines is 1. The number of methoxy groups -OCH3 is 1. The molecule has 0 spiro atoms. The summed E-state index contributed by atoms with van der Waals surface area (Å²) in [5, 5.41) is 8.85. The number of hydrogen-bond donors (Lipinski definition) is 0. The third kappa shape index (κ3) is 3.52. The predicted molar refractivity (Wildman–Crippen MR) is 108 cm³/mol. The first-order valence-electron chi connectivity index (χ1n) is 9.68. The Balaban J connectivity index is 1.42.